The summed E-state index contributed by atoms with van der Waals surface area (Å²) in [5, 5.41) is 11.8. The second kappa shape index (κ2) is 4.40. The standard InChI is InChI=1S/C9H15N7/c1-7(10)3-8-4-16(6-11-8)5-9-12-14-15(2)13-9/h4,6-7H,3,5,10H2,1-2H3. The predicted molar refractivity (Wildman–Crippen MR) is 57.5 cm³/mol. The number of imidazole rings is 1. The van der Waals surface area contributed by atoms with Gasteiger partial charge in [-0.15, -0.1) is 10.2 Å². The Kier molecular flexibility index (Phi) is 2.95. The van der Waals surface area contributed by atoms with E-state index in [9.17, 15) is 0 Å². The molecule has 2 aromatic rings. The molecule has 0 spiro atoms. The van der Waals surface area contributed by atoms with Crippen molar-refractivity contribution >= 4 is 0 Å². The normalized spacial score (nSPS) is 12.9. The van der Waals surface area contributed by atoms with Gasteiger partial charge in [0.25, 0.3) is 0 Å². The highest BCUT2D eigenvalue weighted by Gasteiger charge is 2.05. The average Bonchev–Trinajstić information content (AvgIpc) is 2.76. The zero-order valence-corrected chi connectivity index (χ0v) is 9.41. The van der Waals surface area contributed by atoms with Crippen LogP contribution >= 0.6 is 0 Å². The summed E-state index contributed by atoms with van der Waals surface area (Å²) in [6.45, 7) is 2.54. The van der Waals surface area contributed by atoms with Gasteiger partial charge in [0.1, 0.15) is 0 Å². The summed E-state index contributed by atoms with van der Waals surface area (Å²) in [4.78, 5) is 5.70. The lowest BCUT2D eigenvalue weighted by Gasteiger charge is -1.99. The Hall–Kier alpha value is -1.76. The minimum Gasteiger partial charge on any atom is -0.329 e. The van der Waals surface area contributed by atoms with E-state index >= 15 is 0 Å². The van der Waals surface area contributed by atoms with E-state index in [0.29, 0.717) is 12.4 Å². The average molecular weight is 221 g/mol. The first-order valence-corrected chi connectivity index (χ1v) is 5.12. The molecule has 2 aromatic heterocycles. The van der Waals surface area contributed by atoms with Crippen LogP contribution in [0, 0.1) is 0 Å². The SMILES string of the molecule is CC(N)Cc1cn(Cc2nnn(C)n2)cn1. The molecule has 2 heterocycles. The fourth-order valence-electron chi connectivity index (χ4n) is 1.48. The van der Waals surface area contributed by atoms with Crippen LogP contribution in [0.1, 0.15) is 18.4 Å². The molecule has 7 heteroatoms. The van der Waals surface area contributed by atoms with Gasteiger partial charge in [-0.3, -0.25) is 0 Å². The Bertz CT molecular complexity index is 456. The molecule has 0 saturated carbocycles. The molecule has 1 atom stereocenters. The summed E-state index contributed by atoms with van der Waals surface area (Å²) in [5.41, 5.74) is 6.69. The number of tetrazole rings is 1. The highest BCUT2D eigenvalue weighted by Crippen LogP contribution is 2.01. The van der Waals surface area contributed by atoms with Crippen molar-refractivity contribution in [3.63, 3.8) is 0 Å². The highest BCUT2D eigenvalue weighted by atomic mass is 15.6. The van der Waals surface area contributed by atoms with Crippen molar-refractivity contribution in [1.29, 1.82) is 0 Å². The Morgan fingerprint density at radius 2 is 2.31 bits per heavy atom. The lowest BCUT2D eigenvalue weighted by Crippen LogP contribution is -2.17. The zero-order chi connectivity index (χ0) is 11.5. The molecular weight excluding hydrogens is 206 g/mol. The molecule has 86 valence electrons. The minimum absolute atomic E-state index is 0.123. The van der Waals surface area contributed by atoms with Gasteiger partial charge < -0.3 is 10.3 Å². The van der Waals surface area contributed by atoms with Crippen molar-refractivity contribution in [3.8, 4) is 0 Å². The van der Waals surface area contributed by atoms with Crippen LogP contribution in [0.4, 0.5) is 0 Å². The predicted octanol–water partition coefficient (Wildman–Crippen LogP) is -0.655. The van der Waals surface area contributed by atoms with Crippen molar-refractivity contribution in [3.05, 3.63) is 24.0 Å². The number of aromatic nitrogens is 6. The minimum atomic E-state index is 0.123. The van der Waals surface area contributed by atoms with E-state index in [4.69, 9.17) is 5.73 Å². The van der Waals surface area contributed by atoms with E-state index in [1.54, 1.807) is 13.4 Å². The summed E-state index contributed by atoms with van der Waals surface area (Å²) >= 11 is 0. The summed E-state index contributed by atoms with van der Waals surface area (Å²) in [5.74, 6) is 0.673. The number of hydrogen-bond donors (Lipinski definition) is 1. The summed E-state index contributed by atoms with van der Waals surface area (Å²) in [7, 11) is 1.74. The molecule has 0 fully saturated rings. The Morgan fingerprint density at radius 1 is 1.50 bits per heavy atom. The van der Waals surface area contributed by atoms with E-state index in [1.165, 1.54) is 4.80 Å². The summed E-state index contributed by atoms with van der Waals surface area (Å²) in [6, 6.07) is 0.123. The highest BCUT2D eigenvalue weighted by molar-refractivity contribution is 5.00. The first kappa shape index (κ1) is 10.7. The van der Waals surface area contributed by atoms with Crippen LogP contribution in [0.3, 0.4) is 0 Å². The molecule has 0 saturated heterocycles. The quantitative estimate of drug-likeness (QED) is 0.741. The van der Waals surface area contributed by atoms with Gasteiger partial charge in [-0.05, 0) is 12.1 Å². The zero-order valence-electron chi connectivity index (χ0n) is 9.41. The van der Waals surface area contributed by atoms with Gasteiger partial charge in [0.15, 0.2) is 5.82 Å². The summed E-state index contributed by atoms with van der Waals surface area (Å²) < 4.78 is 1.93. The maximum absolute atomic E-state index is 5.70. The molecule has 16 heavy (non-hydrogen) atoms. The van der Waals surface area contributed by atoms with Crippen LogP contribution in [0.2, 0.25) is 0 Å². The first-order valence-electron chi connectivity index (χ1n) is 5.12. The molecule has 0 amide bonds. The van der Waals surface area contributed by atoms with Crippen LogP contribution < -0.4 is 5.73 Å². The van der Waals surface area contributed by atoms with Crippen molar-refractivity contribution in [2.75, 3.05) is 0 Å². The van der Waals surface area contributed by atoms with Crippen molar-refractivity contribution in [1.82, 2.24) is 29.8 Å². The largest absolute Gasteiger partial charge is 0.329 e. The molecule has 1 unspecified atom stereocenters. The van der Waals surface area contributed by atoms with E-state index in [1.807, 2.05) is 17.7 Å². The molecule has 0 radical (unpaired) electrons. The fourth-order valence-corrected chi connectivity index (χ4v) is 1.48. The van der Waals surface area contributed by atoms with Crippen molar-refractivity contribution < 1.29 is 0 Å². The van der Waals surface area contributed by atoms with Gasteiger partial charge in [-0.1, -0.05) is 0 Å². The summed E-state index contributed by atoms with van der Waals surface area (Å²) in [6.07, 6.45) is 4.49. The third kappa shape index (κ3) is 2.63. The maximum Gasteiger partial charge on any atom is 0.194 e. The van der Waals surface area contributed by atoms with E-state index in [0.717, 1.165) is 12.1 Å². The molecular formula is C9H15N7. The van der Waals surface area contributed by atoms with Crippen LogP contribution in [-0.4, -0.2) is 35.8 Å². The van der Waals surface area contributed by atoms with Gasteiger partial charge in [-0.2, -0.15) is 4.80 Å². The van der Waals surface area contributed by atoms with E-state index < -0.39 is 0 Å². The third-order valence-electron chi connectivity index (χ3n) is 2.09. The molecule has 0 aliphatic rings. The molecule has 0 bridgehead atoms. The van der Waals surface area contributed by atoms with Crippen LogP contribution in [0.5, 0.6) is 0 Å². The monoisotopic (exact) mass is 221 g/mol. The molecule has 7 nitrogen and oxygen atoms in total. The smallest absolute Gasteiger partial charge is 0.194 e. The van der Waals surface area contributed by atoms with E-state index in [-0.39, 0.29) is 6.04 Å². The first-order chi connectivity index (χ1) is 7.63. The molecule has 2 rings (SSSR count). The second-order valence-corrected chi connectivity index (χ2v) is 3.91. The third-order valence-corrected chi connectivity index (χ3v) is 2.09. The molecule has 0 aromatic carbocycles. The Balaban J connectivity index is 2.02. The van der Waals surface area contributed by atoms with Crippen molar-refractivity contribution in [2.24, 2.45) is 12.8 Å². The number of nitrogens with two attached hydrogens (primary N) is 1. The molecule has 2 N–H and O–H groups in total. The van der Waals surface area contributed by atoms with Gasteiger partial charge in [0.05, 0.1) is 25.6 Å². The molecule has 0 aliphatic carbocycles. The van der Waals surface area contributed by atoms with Crippen molar-refractivity contribution in [2.45, 2.75) is 25.9 Å². The van der Waals surface area contributed by atoms with E-state index in [2.05, 4.69) is 20.4 Å². The number of aryl methyl sites for hydroxylation is 1. The fraction of sp³-hybridized carbons (Fsp3) is 0.556. The van der Waals surface area contributed by atoms with Gasteiger partial charge in [0, 0.05) is 18.7 Å². The maximum atomic E-state index is 5.70. The number of hydrogen-bond acceptors (Lipinski definition) is 5. The van der Waals surface area contributed by atoms with Crippen LogP contribution in [-0.2, 0) is 20.0 Å². The van der Waals surface area contributed by atoms with Gasteiger partial charge in [0.2, 0.25) is 0 Å². The lowest BCUT2D eigenvalue weighted by atomic mass is 10.2. The molecule has 0 aliphatic heterocycles. The Labute approximate surface area is 93.3 Å². The van der Waals surface area contributed by atoms with Crippen LogP contribution in [0.15, 0.2) is 12.5 Å². The lowest BCUT2D eigenvalue weighted by molar-refractivity contribution is 0.625. The van der Waals surface area contributed by atoms with Gasteiger partial charge in [-0.25, -0.2) is 4.98 Å². The number of rotatable bonds is 4. The second-order valence-electron chi connectivity index (χ2n) is 3.91. The van der Waals surface area contributed by atoms with Crippen LogP contribution in [0.25, 0.3) is 0 Å². The Morgan fingerprint density at radius 3 is 2.94 bits per heavy atom. The van der Waals surface area contributed by atoms with Gasteiger partial charge >= 0.3 is 0 Å². The topological polar surface area (TPSA) is 87.4 Å². The number of nitrogens with zero attached hydrogens (tertiary/aromatic N) is 6.